The third-order valence-electron chi connectivity index (χ3n) is 7.52. The minimum atomic E-state index is -0.750. The molecule has 2 aliphatic heterocycles. The topological polar surface area (TPSA) is 91.4 Å². The number of nitrogens with zero attached hydrogens (tertiary/aromatic N) is 3. The lowest BCUT2D eigenvalue weighted by Crippen LogP contribution is -2.53. The van der Waals surface area contributed by atoms with Crippen LogP contribution in [0.1, 0.15) is 35.8 Å². The van der Waals surface area contributed by atoms with Gasteiger partial charge in [0.15, 0.2) is 0 Å². The molecule has 224 valence electrons. The molecule has 1 atom stereocenters. The van der Waals surface area contributed by atoms with E-state index in [4.69, 9.17) is 9.47 Å². The summed E-state index contributed by atoms with van der Waals surface area (Å²) in [6.45, 7) is 6.34. The fourth-order valence-corrected chi connectivity index (χ4v) is 5.41. The number of benzene rings is 3. The molecule has 2 aliphatic rings. The van der Waals surface area contributed by atoms with Crippen LogP contribution in [0.4, 0.5) is 9.18 Å². The number of nitrogens with one attached hydrogen (secondary N) is 1. The van der Waals surface area contributed by atoms with Crippen molar-refractivity contribution >= 4 is 17.9 Å². The van der Waals surface area contributed by atoms with Crippen molar-refractivity contribution in [1.29, 1.82) is 0 Å². The number of amides is 3. The number of urea groups is 1. The number of likely N-dealkylation sites (N-methyl/N-ethyl adjacent to an activating group) is 1. The van der Waals surface area contributed by atoms with Crippen molar-refractivity contribution in [3.8, 4) is 11.5 Å². The van der Waals surface area contributed by atoms with Gasteiger partial charge < -0.3 is 19.7 Å². The number of esters is 1. The largest absolute Gasteiger partial charge is 0.463 e. The minimum Gasteiger partial charge on any atom is -0.463 e. The highest BCUT2D eigenvalue weighted by atomic mass is 19.1. The molecular weight excluding hydrogens is 551 g/mol. The van der Waals surface area contributed by atoms with E-state index >= 15 is 0 Å². The van der Waals surface area contributed by atoms with Crippen LogP contribution in [0.5, 0.6) is 11.5 Å². The highest BCUT2D eigenvalue weighted by Crippen LogP contribution is 2.34. The van der Waals surface area contributed by atoms with E-state index in [0.29, 0.717) is 73.2 Å². The summed E-state index contributed by atoms with van der Waals surface area (Å²) in [6.07, 6.45) is 0. The van der Waals surface area contributed by atoms with Gasteiger partial charge in [-0.25, -0.2) is 14.0 Å². The number of piperazine rings is 1. The second-order valence-electron chi connectivity index (χ2n) is 10.3. The first-order valence-corrected chi connectivity index (χ1v) is 14.5. The summed E-state index contributed by atoms with van der Waals surface area (Å²) < 4.78 is 25.2. The molecule has 3 aromatic carbocycles. The first-order valence-electron chi connectivity index (χ1n) is 14.5. The van der Waals surface area contributed by atoms with Gasteiger partial charge in [-0.1, -0.05) is 36.4 Å². The summed E-state index contributed by atoms with van der Waals surface area (Å²) in [5.41, 5.74) is 1.92. The standard InChI is InChI=1S/C33H35FN4O5/c1-3-38-28(22-36-16-18-37(19-17-36)31(39)24-11-8-12-25(34)20-24)29(32(40)42-4-2)30(35-33(38)41)23-10-9-15-27(21-23)43-26-13-6-5-7-14-26/h5-15,20-21,30H,3-4,16-19,22H2,1-2H3,(H,35,41)/t30-/m1/s1. The predicted octanol–water partition coefficient (Wildman–Crippen LogP) is 4.98. The van der Waals surface area contributed by atoms with E-state index in [1.807, 2.05) is 61.5 Å². The normalized spacial score (nSPS) is 17.5. The number of halogens is 1. The average Bonchev–Trinajstić information content (AvgIpc) is 3.01. The Morgan fingerprint density at radius 2 is 1.63 bits per heavy atom. The van der Waals surface area contributed by atoms with Gasteiger partial charge in [0.1, 0.15) is 17.3 Å². The van der Waals surface area contributed by atoms with Crippen LogP contribution < -0.4 is 10.1 Å². The zero-order valence-electron chi connectivity index (χ0n) is 24.3. The summed E-state index contributed by atoms with van der Waals surface area (Å²) in [6, 6.07) is 21.3. The van der Waals surface area contributed by atoms with Crippen molar-refractivity contribution < 1.29 is 28.2 Å². The predicted molar refractivity (Wildman–Crippen MR) is 159 cm³/mol. The molecule has 0 bridgehead atoms. The monoisotopic (exact) mass is 586 g/mol. The summed E-state index contributed by atoms with van der Waals surface area (Å²) in [7, 11) is 0. The average molecular weight is 587 g/mol. The van der Waals surface area contributed by atoms with E-state index in [-0.39, 0.29) is 18.5 Å². The quantitative estimate of drug-likeness (QED) is 0.356. The van der Waals surface area contributed by atoms with Gasteiger partial charge in [0.25, 0.3) is 5.91 Å². The number of rotatable bonds is 9. The number of ether oxygens (including phenoxy) is 2. The molecule has 0 saturated carbocycles. The zero-order valence-corrected chi connectivity index (χ0v) is 24.3. The molecule has 5 rings (SSSR count). The van der Waals surface area contributed by atoms with Crippen LogP contribution in [0.3, 0.4) is 0 Å². The van der Waals surface area contributed by atoms with Crippen molar-refractivity contribution in [3.63, 3.8) is 0 Å². The van der Waals surface area contributed by atoms with Gasteiger partial charge in [-0.3, -0.25) is 14.6 Å². The second kappa shape index (κ2) is 13.5. The van der Waals surface area contributed by atoms with Gasteiger partial charge >= 0.3 is 12.0 Å². The maximum Gasteiger partial charge on any atom is 0.338 e. The number of hydrogen-bond acceptors (Lipinski definition) is 6. The fourth-order valence-electron chi connectivity index (χ4n) is 5.41. The maximum absolute atomic E-state index is 13.7. The fraction of sp³-hybridized carbons (Fsp3) is 0.303. The molecule has 9 nitrogen and oxygen atoms in total. The van der Waals surface area contributed by atoms with Crippen molar-refractivity contribution in [3.05, 3.63) is 107 Å². The third-order valence-corrected chi connectivity index (χ3v) is 7.52. The number of hydrogen-bond donors (Lipinski definition) is 1. The highest BCUT2D eigenvalue weighted by molar-refractivity contribution is 5.95. The lowest BCUT2D eigenvalue weighted by Gasteiger charge is -2.40. The Morgan fingerprint density at radius 1 is 0.907 bits per heavy atom. The van der Waals surface area contributed by atoms with Crippen LogP contribution in [0.15, 0.2) is 90.1 Å². The van der Waals surface area contributed by atoms with E-state index in [1.165, 1.54) is 18.2 Å². The van der Waals surface area contributed by atoms with E-state index in [1.54, 1.807) is 22.8 Å². The van der Waals surface area contributed by atoms with Gasteiger partial charge in [-0.2, -0.15) is 0 Å². The van der Waals surface area contributed by atoms with Crippen molar-refractivity contribution in [1.82, 2.24) is 20.0 Å². The van der Waals surface area contributed by atoms with Gasteiger partial charge in [-0.05, 0) is 61.9 Å². The Labute approximate surface area is 250 Å². The van der Waals surface area contributed by atoms with E-state index in [0.717, 1.165) is 0 Å². The van der Waals surface area contributed by atoms with Gasteiger partial charge in [0.05, 0.1) is 18.2 Å². The Hall–Kier alpha value is -4.70. The smallest absolute Gasteiger partial charge is 0.338 e. The summed E-state index contributed by atoms with van der Waals surface area (Å²) in [4.78, 5) is 45.2. The summed E-state index contributed by atoms with van der Waals surface area (Å²) >= 11 is 0. The molecule has 1 fully saturated rings. The summed E-state index contributed by atoms with van der Waals surface area (Å²) in [5.74, 6) is 0.0525. The maximum atomic E-state index is 13.7. The van der Waals surface area contributed by atoms with Gasteiger partial charge in [0, 0.05) is 50.5 Å². The molecule has 0 unspecified atom stereocenters. The Morgan fingerprint density at radius 3 is 2.33 bits per heavy atom. The SMILES string of the molecule is CCOC(=O)C1=C(CN2CCN(C(=O)c3cccc(F)c3)CC2)N(CC)C(=O)N[C@@H]1c1cccc(Oc2ccccc2)c1. The molecule has 2 heterocycles. The lowest BCUT2D eigenvalue weighted by atomic mass is 9.94. The molecule has 0 aliphatic carbocycles. The Bertz CT molecular complexity index is 1500. The number of carbonyl (C=O) groups is 3. The highest BCUT2D eigenvalue weighted by Gasteiger charge is 2.39. The molecule has 3 aromatic rings. The van der Waals surface area contributed by atoms with E-state index < -0.39 is 17.8 Å². The van der Waals surface area contributed by atoms with Crippen molar-refractivity contribution in [2.75, 3.05) is 45.9 Å². The van der Waals surface area contributed by atoms with Crippen LogP contribution in [-0.2, 0) is 9.53 Å². The minimum absolute atomic E-state index is 0.181. The first kappa shape index (κ1) is 29.8. The number of carbonyl (C=O) groups excluding carboxylic acids is 3. The van der Waals surface area contributed by atoms with Crippen LogP contribution in [0.25, 0.3) is 0 Å². The number of para-hydroxylation sites is 1. The molecule has 0 aromatic heterocycles. The molecule has 0 spiro atoms. The van der Waals surface area contributed by atoms with E-state index in [9.17, 15) is 18.8 Å². The van der Waals surface area contributed by atoms with Crippen LogP contribution in [-0.4, -0.2) is 78.5 Å². The second-order valence-corrected chi connectivity index (χ2v) is 10.3. The van der Waals surface area contributed by atoms with Crippen molar-refractivity contribution in [2.24, 2.45) is 0 Å². The molecule has 1 saturated heterocycles. The van der Waals surface area contributed by atoms with Crippen LogP contribution >= 0.6 is 0 Å². The Kier molecular flexibility index (Phi) is 9.36. The molecule has 43 heavy (non-hydrogen) atoms. The first-order chi connectivity index (χ1) is 20.9. The molecule has 10 heteroatoms. The van der Waals surface area contributed by atoms with Crippen LogP contribution in [0, 0.1) is 5.82 Å². The van der Waals surface area contributed by atoms with Crippen molar-refractivity contribution in [2.45, 2.75) is 19.9 Å². The zero-order chi connectivity index (χ0) is 30.3. The van der Waals surface area contributed by atoms with Gasteiger partial charge in [0.2, 0.25) is 0 Å². The van der Waals surface area contributed by atoms with Crippen LogP contribution in [0.2, 0.25) is 0 Å². The Balaban J connectivity index is 1.41. The molecular formula is C33H35FN4O5. The van der Waals surface area contributed by atoms with E-state index in [2.05, 4.69) is 10.2 Å². The summed E-state index contributed by atoms with van der Waals surface area (Å²) in [5, 5.41) is 3.00. The molecule has 0 radical (unpaired) electrons. The molecule has 1 N–H and O–H groups in total. The lowest BCUT2D eigenvalue weighted by molar-refractivity contribution is -0.139. The van der Waals surface area contributed by atoms with Gasteiger partial charge in [-0.15, -0.1) is 0 Å². The third kappa shape index (κ3) is 6.86. The molecule has 3 amide bonds.